The van der Waals surface area contributed by atoms with Gasteiger partial charge in [0.25, 0.3) is 0 Å². The van der Waals surface area contributed by atoms with Crippen LogP contribution in [0.15, 0.2) is 59.5 Å². The van der Waals surface area contributed by atoms with Crippen LogP contribution in [0, 0.1) is 6.92 Å². The van der Waals surface area contributed by atoms with E-state index in [1.807, 2.05) is 19.1 Å². The van der Waals surface area contributed by atoms with Gasteiger partial charge in [-0.3, -0.25) is 0 Å². The number of esters is 1. The quantitative estimate of drug-likeness (QED) is 0.448. The Morgan fingerprint density at radius 3 is 2.30 bits per heavy atom. The summed E-state index contributed by atoms with van der Waals surface area (Å²) in [5.74, 6) is -0.0222. The normalized spacial score (nSPS) is 15.7. The van der Waals surface area contributed by atoms with Crippen molar-refractivity contribution in [2.45, 2.75) is 11.8 Å². The van der Waals surface area contributed by atoms with Crippen molar-refractivity contribution in [3.63, 3.8) is 0 Å². The highest BCUT2D eigenvalue weighted by Crippen LogP contribution is 2.18. The molecule has 2 aromatic rings. The first-order valence-corrected chi connectivity index (χ1v) is 10.0. The molecule has 0 N–H and O–H groups in total. The first-order valence-electron chi connectivity index (χ1n) is 8.60. The van der Waals surface area contributed by atoms with Crippen LogP contribution in [0.3, 0.4) is 0 Å². The number of benzene rings is 2. The minimum absolute atomic E-state index is 0.226. The summed E-state index contributed by atoms with van der Waals surface area (Å²) >= 11 is 0. The number of carbonyl (C=O) groups excluding carboxylic acids is 1. The molecule has 142 valence electrons. The predicted molar refractivity (Wildman–Crippen MR) is 102 cm³/mol. The van der Waals surface area contributed by atoms with Crippen molar-refractivity contribution in [2.24, 2.45) is 0 Å². The zero-order valence-electron chi connectivity index (χ0n) is 15.0. The number of rotatable bonds is 5. The van der Waals surface area contributed by atoms with Crippen LogP contribution in [-0.4, -0.2) is 45.0 Å². The van der Waals surface area contributed by atoms with Gasteiger partial charge < -0.3 is 9.47 Å². The SMILES string of the molecule is Cc1ccc(OC(=O)/C=C/c2ccc(S(=O)(=O)N3CCOCC3)cc2)cc1. The van der Waals surface area contributed by atoms with E-state index >= 15 is 0 Å². The van der Waals surface area contributed by atoms with Gasteiger partial charge in [0.2, 0.25) is 10.0 Å². The van der Waals surface area contributed by atoms with E-state index in [0.717, 1.165) is 5.56 Å². The Morgan fingerprint density at radius 1 is 1.04 bits per heavy atom. The van der Waals surface area contributed by atoms with Crippen LogP contribution >= 0.6 is 0 Å². The molecule has 6 nitrogen and oxygen atoms in total. The predicted octanol–water partition coefficient (Wildman–Crippen LogP) is 2.63. The molecule has 0 bridgehead atoms. The van der Waals surface area contributed by atoms with Gasteiger partial charge in [-0.15, -0.1) is 0 Å². The maximum absolute atomic E-state index is 12.6. The molecule has 2 aromatic carbocycles. The zero-order valence-corrected chi connectivity index (χ0v) is 15.8. The number of sulfonamides is 1. The summed E-state index contributed by atoms with van der Waals surface area (Å²) in [4.78, 5) is 12.1. The number of carbonyl (C=O) groups is 1. The molecular formula is C20H21NO5S. The van der Waals surface area contributed by atoms with Crippen LogP contribution in [0.2, 0.25) is 0 Å². The molecule has 1 aliphatic rings. The van der Waals surface area contributed by atoms with Gasteiger partial charge >= 0.3 is 5.97 Å². The number of aryl methyl sites for hydroxylation is 1. The van der Waals surface area contributed by atoms with Crippen molar-refractivity contribution < 1.29 is 22.7 Å². The smallest absolute Gasteiger partial charge is 0.336 e. The van der Waals surface area contributed by atoms with Crippen molar-refractivity contribution in [1.82, 2.24) is 4.31 Å². The second-order valence-corrected chi connectivity index (χ2v) is 8.09. The van der Waals surface area contributed by atoms with Gasteiger partial charge in [-0.1, -0.05) is 29.8 Å². The van der Waals surface area contributed by atoms with Crippen molar-refractivity contribution in [3.8, 4) is 5.75 Å². The molecule has 0 saturated carbocycles. The van der Waals surface area contributed by atoms with Gasteiger partial charge in [0.15, 0.2) is 0 Å². The summed E-state index contributed by atoms with van der Waals surface area (Å²) in [5, 5.41) is 0. The van der Waals surface area contributed by atoms with Crippen LogP contribution in [0.25, 0.3) is 6.08 Å². The highest BCUT2D eigenvalue weighted by atomic mass is 32.2. The summed E-state index contributed by atoms with van der Waals surface area (Å²) in [6.07, 6.45) is 2.90. The molecule has 0 unspecified atom stereocenters. The fraction of sp³-hybridized carbons (Fsp3) is 0.250. The van der Waals surface area contributed by atoms with Gasteiger partial charge in [-0.25, -0.2) is 13.2 Å². The molecule has 0 aromatic heterocycles. The lowest BCUT2D eigenvalue weighted by Crippen LogP contribution is -2.40. The Labute approximate surface area is 159 Å². The van der Waals surface area contributed by atoms with E-state index in [9.17, 15) is 13.2 Å². The van der Waals surface area contributed by atoms with E-state index in [-0.39, 0.29) is 4.90 Å². The molecule has 0 amide bonds. The molecule has 1 fully saturated rings. The van der Waals surface area contributed by atoms with Crippen LogP contribution in [0.1, 0.15) is 11.1 Å². The Balaban J connectivity index is 1.63. The van der Waals surface area contributed by atoms with E-state index in [4.69, 9.17) is 9.47 Å². The van der Waals surface area contributed by atoms with E-state index in [2.05, 4.69) is 0 Å². The second-order valence-electron chi connectivity index (χ2n) is 6.15. The Kier molecular flexibility index (Phi) is 6.05. The summed E-state index contributed by atoms with van der Waals surface area (Å²) < 4.78 is 37.0. The molecule has 0 radical (unpaired) electrons. The van der Waals surface area contributed by atoms with Crippen LogP contribution in [0.5, 0.6) is 5.75 Å². The van der Waals surface area contributed by atoms with E-state index < -0.39 is 16.0 Å². The lowest BCUT2D eigenvalue weighted by Gasteiger charge is -2.26. The highest BCUT2D eigenvalue weighted by Gasteiger charge is 2.25. The van der Waals surface area contributed by atoms with Crippen molar-refractivity contribution in [2.75, 3.05) is 26.3 Å². The van der Waals surface area contributed by atoms with Crippen LogP contribution < -0.4 is 4.74 Å². The first kappa shape index (κ1) is 19.3. The van der Waals surface area contributed by atoms with E-state index in [1.54, 1.807) is 30.3 Å². The number of hydrogen-bond donors (Lipinski definition) is 0. The molecule has 7 heteroatoms. The molecule has 0 aliphatic carbocycles. The van der Waals surface area contributed by atoms with Crippen LogP contribution in [0.4, 0.5) is 0 Å². The molecular weight excluding hydrogens is 366 g/mol. The molecule has 3 rings (SSSR count). The van der Waals surface area contributed by atoms with Gasteiger partial charge in [0, 0.05) is 19.2 Å². The van der Waals surface area contributed by atoms with E-state index in [0.29, 0.717) is 37.6 Å². The third-order valence-corrected chi connectivity index (χ3v) is 6.05. The summed E-state index contributed by atoms with van der Waals surface area (Å²) in [6, 6.07) is 13.6. The number of hydrogen-bond acceptors (Lipinski definition) is 5. The molecule has 1 saturated heterocycles. The Hall–Kier alpha value is -2.48. The summed E-state index contributed by atoms with van der Waals surface area (Å²) in [6.45, 7) is 3.48. The lowest BCUT2D eigenvalue weighted by molar-refractivity contribution is -0.128. The van der Waals surface area contributed by atoms with Gasteiger partial charge in [0.1, 0.15) is 5.75 Å². The summed E-state index contributed by atoms with van der Waals surface area (Å²) in [7, 11) is -3.52. The summed E-state index contributed by atoms with van der Waals surface area (Å²) in [5.41, 5.74) is 1.79. The van der Waals surface area contributed by atoms with Crippen molar-refractivity contribution in [3.05, 3.63) is 65.7 Å². The number of nitrogens with zero attached hydrogens (tertiary/aromatic N) is 1. The second kappa shape index (κ2) is 8.47. The zero-order chi connectivity index (χ0) is 19.3. The fourth-order valence-electron chi connectivity index (χ4n) is 2.61. The average Bonchev–Trinajstić information content (AvgIpc) is 2.69. The Morgan fingerprint density at radius 2 is 1.67 bits per heavy atom. The van der Waals surface area contributed by atoms with Crippen LogP contribution in [-0.2, 0) is 19.6 Å². The monoisotopic (exact) mass is 387 g/mol. The van der Waals surface area contributed by atoms with Crippen molar-refractivity contribution in [1.29, 1.82) is 0 Å². The van der Waals surface area contributed by atoms with Crippen molar-refractivity contribution >= 4 is 22.1 Å². The van der Waals surface area contributed by atoms with E-state index in [1.165, 1.54) is 22.5 Å². The fourth-order valence-corrected chi connectivity index (χ4v) is 4.02. The standard InChI is InChI=1S/C20H21NO5S/c1-16-2-7-18(8-3-16)26-20(22)11-6-17-4-9-19(10-5-17)27(23,24)21-12-14-25-15-13-21/h2-11H,12-15H2,1H3/b11-6+. The number of ether oxygens (including phenoxy) is 2. The minimum atomic E-state index is -3.52. The number of morpholine rings is 1. The Bertz CT molecular complexity index is 912. The highest BCUT2D eigenvalue weighted by molar-refractivity contribution is 7.89. The maximum atomic E-state index is 12.6. The molecule has 0 atom stereocenters. The molecule has 1 aliphatic heterocycles. The minimum Gasteiger partial charge on any atom is -0.423 e. The van der Waals surface area contributed by atoms with Gasteiger partial charge in [-0.2, -0.15) is 4.31 Å². The average molecular weight is 387 g/mol. The lowest BCUT2D eigenvalue weighted by atomic mass is 10.2. The molecule has 27 heavy (non-hydrogen) atoms. The van der Waals surface area contributed by atoms with Gasteiger partial charge in [0.05, 0.1) is 18.1 Å². The molecule has 1 heterocycles. The first-order chi connectivity index (χ1) is 12.9. The maximum Gasteiger partial charge on any atom is 0.336 e. The third kappa shape index (κ3) is 5.03. The van der Waals surface area contributed by atoms with Gasteiger partial charge in [-0.05, 0) is 42.8 Å². The molecule has 0 spiro atoms. The third-order valence-electron chi connectivity index (χ3n) is 4.14. The topological polar surface area (TPSA) is 72.9 Å². The largest absolute Gasteiger partial charge is 0.423 e.